The first-order chi connectivity index (χ1) is 12.3. The van der Waals surface area contributed by atoms with E-state index in [-0.39, 0.29) is 0 Å². The van der Waals surface area contributed by atoms with Gasteiger partial charge in [0.1, 0.15) is 11.3 Å². The molecule has 0 aliphatic carbocycles. The molecule has 126 valence electrons. The highest BCUT2D eigenvalue weighted by molar-refractivity contribution is 5.41. The highest BCUT2D eigenvalue weighted by Crippen LogP contribution is 2.09. The zero-order valence-corrected chi connectivity index (χ0v) is 14.0. The number of hydrogen-bond acceptors (Lipinski definition) is 4. The van der Waals surface area contributed by atoms with Crippen molar-refractivity contribution in [2.45, 2.75) is 26.7 Å². The van der Waals surface area contributed by atoms with Gasteiger partial charge in [0.05, 0.1) is 31.6 Å². The maximum Gasteiger partial charge on any atom is 0.137 e. The summed E-state index contributed by atoms with van der Waals surface area (Å²) in [5.41, 5.74) is 5.06. The lowest BCUT2D eigenvalue weighted by Crippen LogP contribution is -2.00. The minimum atomic E-state index is 0.444. The van der Waals surface area contributed by atoms with E-state index in [1.165, 1.54) is 5.56 Å². The zero-order chi connectivity index (χ0) is 17.1. The standard InChI is InChI=1S/C19H19N5O/c1-15-7-8-19-20-17(10-23(19)9-15)11-24-12-18(21-22-24)14-25-13-16-5-3-2-4-6-16/h2-10,12H,11,13-14H2,1H3. The second-order valence-electron chi connectivity index (χ2n) is 6.09. The van der Waals surface area contributed by atoms with E-state index in [0.29, 0.717) is 19.8 Å². The van der Waals surface area contributed by atoms with Crippen molar-refractivity contribution >= 4 is 5.65 Å². The summed E-state index contributed by atoms with van der Waals surface area (Å²) in [7, 11) is 0. The summed E-state index contributed by atoms with van der Waals surface area (Å²) in [6.45, 7) is 3.67. The van der Waals surface area contributed by atoms with Crippen LogP contribution < -0.4 is 0 Å². The molecule has 0 amide bonds. The average molecular weight is 333 g/mol. The maximum atomic E-state index is 5.69. The highest BCUT2D eigenvalue weighted by Gasteiger charge is 2.06. The number of aromatic nitrogens is 5. The largest absolute Gasteiger partial charge is 0.370 e. The van der Waals surface area contributed by atoms with Gasteiger partial charge in [0.25, 0.3) is 0 Å². The predicted molar refractivity (Wildman–Crippen MR) is 94.0 cm³/mol. The molecule has 6 nitrogen and oxygen atoms in total. The Morgan fingerprint density at radius 2 is 1.80 bits per heavy atom. The quantitative estimate of drug-likeness (QED) is 0.544. The Balaban J connectivity index is 1.37. The van der Waals surface area contributed by atoms with Crippen molar-refractivity contribution in [2.75, 3.05) is 0 Å². The van der Waals surface area contributed by atoms with Gasteiger partial charge in [-0.2, -0.15) is 0 Å². The van der Waals surface area contributed by atoms with Crippen molar-refractivity contribution in [2.24, 2.45) is 0 Å². The van der Waals surface area contributed by atoms with Gasteiger partial charge in [-0.3, -0.25) is 0 Å². The van der Waals surface area contributed by atoms with Crippen LogP contribution in [0.25, 0.3) is 5.65 Å². The van der Waals surface area contributed by atoms with Crippen LogP contribution in [0.3, 0.4) is 0 Å². The van der Waals surface area contributed by atoms with Gasteiger partial charge < -0.3 is 9.14 Å². The molecule has 25 heavy (non-hydrogen) atoms. The molecule has 0 fully saturated rings. The number of rotatable bonds is 6. The number of benzene rings is 1. The molecule has 4 aromatic rings. The van der Waals surface area contributed by atoms with Crippen LogP contribution in [0.1, 0.15) is 22.5 Å². The van der Waals surface area contributed by atoms with Gasteiger partial charge in [0.2, 0.25) is 0 Å². The molecular weight excluding hydrogens is 314 g/mol. The van der Waals surface area contributed by atoms with E-state index >= 15 is 0 Å². The summed E-state index contributed by atoms with van der Waals surface area (Å²) in [4.78, 5) is 4.60. The van der Waals surface area contributed by atoms with Crippen LogP contribution in [0.2, 0.25) is 0 Å². The minimum Gasteiger partial charge on any atom is -0.370 e. The fourth-order valence-electron chi connectivity index (χ4n) is 2.73. The number of imidazole rings is 1. The van der Waals surface area contributed by atoms with E-state index in [4.69, 9.17) is 4.74 Å². The molecule has 0 radical (unpaired) electrons. The number of nitrogens with zero attached hydrogens (tertiary/aromatic N) is 5. The molecule has 0 spiro atoms. The van der Waals surface area contributed by atoms with Gasteiger partial charge >= 0.3 is 0 Å². The summed E-state index contributed by atoms with van der Waals surface area (Å²) in [6, 6.07) is 14.2. The molecule has 3 aromatic heterocycles. The van der Waals surface area contributed by atoms with Crippen LogP contribution in [0.15, 0.2) is 61.1 Å². The molecule has 0 bridgehead atoms. The lowest BCUT2D eigenvalue weighted by molar-refractivity contribution is 0.104. The normalized spacial score (nSPS) is 11.2. The molecular formula is C19H19N5O. The first-order valence-electron chi connectivity index (χ1n) is 8.21. The lowest BCUT2D eigenvalue weighted by Gasteiger charge is -2.01. The predicted octanol–water partition coefficient (Wildman–Crippen LogP) is 3.00. The molecule has 0 aliphatic heterocycles. The first-order valence-corrected chi connectivity index (χ1v) is 8.21. The van der Waals surface area contributed by atoms with Crippen LogP contribution >= 0.6 is 0 Å². The van der Waals surface area contributed by atoms with E-state index in [2.05, 4.69) is 34.5 Å². The Kier molecular flexibility index (Phi) is 4.26. The van der Waals surface area contributed by atoms with Crippen molar-refractivity contribution in [3.8, 4) is 0 Å². The molecule has 6 heteroatoms. The van der Waals surface area contributed by atoms with Crippen LogP contribution in [0.4, 0.5) is 0 Å². The third kappa shape index (κ3) is 3.75. The number of hydrogen-bond donors (Lipinski definition) is 0. The summed E-state index contributed by atoms with van der Waals surface area (Å²) in [5.74, 6) is 0. The van der Waals surface area contributed by atoms with Crippen molar-refractivity contribution in [1.82, 2.24) is 24.4 Å². The Hall–Kier alpha value is -2.99. The summed E-state index contributed by atoms with van der Waals surface area (Å²) >= 11 is 0. The smallest absolute Gasteiger partial charge is 0.137 e. The molecule has 1 aromatic carbocycles. The Labute approximate surface area is 145 Å². The molecule has 0 saturated carbocycles. The van der Waals surface area contributed by atoms with Crippen LogP contribution in [0, 0.1) is 6.92 Å². The average Bonchev–Trinajstić information content (AvgIpc) is 3.22. The maximum absolute atomic E-state index is 5.69. The van der Waals surface area contributed by atoms with E-state index < -0.39 is 0 Å². The van der Waals surface area contributed by atoms with Gasteiger partial charge in [0, 0.05) is 12.4 Å². The van der Waals surface area contributed by atoms with Gasteiger partial charge in [-0.1, -0.05) is 41.6 Å². The molecule has 0 unspecified atom stereocenters. The van der Waals surface area contributed by atoms with Crippen molar-refractivity contribution in [3.05, 3.63) is 83.6 Å². The minimum absolute atomic E-state index is 0.444. The monoisotopic (exact) mass is 333 g/mol. The third-order valence-electron chi connectivity index (χ3n) is 3.92. The van der Waals surface area contributed by atoms with Crippen molar-refractivity contribution in [3.63, 3.8) is 0 Å². The first kappa shape index (κ1) is 15.5. The summed E-state index contributed by atoms with van der Waals surface area (Å²) < 4.78 is 9.52. The second kappa shape index (κ2) is 6.86. The summed E-state index contributed by atoms with van der Waals surface area (Å²) in [5, 5.41) is 8.33. The number of aryl methyl sites for hydroxylation is 1. The van der Waals surface area contributed by atoms with E-state index in [9.17, 15) is 0 Å². The van der Waals surface area contributed by atoms with E-state index in [1.54, 1.807) is 4.68 Å². The molecule has 0 aliphatic rings. The van der Waals surface area contributed by atoms with Crippen LogP contribution in [-0.4, -0.2) is 24.4 Å². The fourth-order valence-corrected chi connectivity index (χ4v) is 2.73. The molecule has 0 atom stereocenters. The van der Waals surface area contributed by atoms with Gasteiger partial charge in [0.15, 0.2) is 0 Å². The van der Waals surface area contributed by atoms with E-state index in [0.717, 1.165) is 22.6 Å². The number of fused-ring (bicyclic) bond motifs is 1. The SMILES string of the molecule is Cc1ccc2nc(Cn3cc(COCc4ccccc4)nn3)cn2c1. The third-order valence-corrected chi connectivity index (χ3v) is 3.92. The Morgan fingerprint density at radius 3 is 2.68 bits per heavy atom. The topological polar surface area (TPSA) is 57.2 Å². The fraction of sp³-hybridized carbons (Fsp3) is 0.211. The highest BCUT2D eigenvalue weighted by atomic mass is 16.5. The van der Waals surface area contributed by atoms with E-state index in [1.807, 2.05) is 53.2 Å². The van der Waals surface area contributed by atoms with Gasteiger partial charge in [-0.15, -0.1) is 5.10 Å². The number of pyridine rings is 1. The van der Waals surface area contributed by atoms with Gasteiger partial charge in [-0.25, -0.2) is 9.67 Å². The van der Waals surface area contributed by atoms with Crippen LogP contribution in [-0.2, 0) is 24.5 Å². The molecule has 0 saturated heterocycles. The Morgan fingerprint density at radius 1 is 0.920 bits per heavy atom. The Bertz CT molecular complexity index is 974. The lowest BCUT2D eigenvalue weighted by atomic mass is 10.2. The molecule has 0 N–H and O–H groups in total. The zero-order valence-electron chi connectivity index (χ0n) is 14.0. The van der Waals surface area contributed by atoms with Gasteiger partial charge in [-0.05, 0) is 24.1 Å². The van der Waals surface area contributed by atoms with Crippen LogP contribution in [0.5, 0.6) is 0 Å². The number of ether oxygens (including phenoxy) is 1. The van der Waals surface area contributed by atoms with Crippen molar-refractivity contribution in [1.29, 1.82) is 0 Å². The second-order valence-corrected chi connectivity index (χ2v) is 6.09. The molecule has 3 heterocycles. The summed E-state index contributed by atoms with van der Waals surface area (Å²) in [6.07, 6.45) is 5.99. The molecule has 4 rings (SSSR count). The van der Waals surface area contributed by atoms with Crippen molar-refractivity contribution < 1.29 is 4.74 Å².